The van der Waals surface area contributed by atoms with E-state index in [2.05, 4.69) is 44.5 Å². The SMILES string of the molecule is Cc1nc(C)c(C(=O)Nc2nc3c(s2)CN(Cc2ccccc2)CC3)s1. The normalized spacial score (nSPS) is 14.2. The lowest BCUT2D eigenvalue weighted by molar-refractivity contribution is 0.103. The van der Waals surface area contributed by atoms with Crippen LogP contribution in [0.15, 0.2) is 30.3 Å². The zero-order chi connectivity index (χ0) is 18.1. The van der Waals surface area contributed by atoms with Crippen LogP contribution in [0.5, 0.6) is 0 Å². The Morgan fingerprint density at radius 2 is 2.00 bits per heavy atom. The molecule has 0 saturated heterocycles. The van der Waals surface area contributed by atoms with Gasteiger partial charge in [-0.25, -0.2) is 9.97 Å². The predicted octanol–water partition coefficient (Wildman–Crippen LogP) is 4.03. The molecule has 7 heteroatoms. The molecule has 1 aliphatic heterocycles. The minimum Gasteiger partial charge on any atom is -0.297 e. The Hall–Kier alpha value is -2.09. The van der Waals surface area contributed by atoms with Gasteiger partial charge in [-0.05, 0) is 19.4 Å². The Labute approximate surface area is 160 Å². The van der Waals surface area contributed by atoms with Crippen LogP contribution >= 0.6 is 22.7 Å². The summed E-state index contributed by atoms with van der Waals surface area (Å²) in [5, 5.41) is 4.55. The lowest BCUT2D eigenvalue weighted by Gasteiger charge is -2.25. The molecule has 134 valence electrons. The van der Waals surface area contributed by atoms with Crippen LogP contribution in [0.25, 0.3) is 0 Å². The van der Waals surface area contributed by atoms with Crippen molar-refractivity contribution in [1.82, 2.24) is 14.9 Å². The van der Waals surface area contributed by atoms with E-state index in [0.717, 1.165) is 42.5 Å². The molecule has 1 aromatic carbocycles. The Morgan fingerprint density at radius 1 is 1.19 bits per heavy atom. The fraction of sp³-hybridized carbons (Fsp3) is 0.316. The number of rotatable bonds is 4. The van der Waals surface area contributed by atoms with Crippen LogP contribution in [0, 0.1) is 13.8 Å². The minimum absolute atomic E-state index is 0.111. The van der Waals surface area contributed by atoms with E-state index in [1.54, 1.807) is 11.3 Å². The van der Waals surface area contributed by atoms with Crippen molar-refractivity contribution in [3.8, 4) is 0 Å². The van der Waals surface area contributed by atoms with Crippen molar-refractivity contribution in [1.29, 1.82) is 0 Å². The molecule has 5 nitrogen and oxygen atoms in total. The van der Waals surface area contributed by atoms with E-state index in [-0.39, 0.29) is 5.91 Å². The van der Waals surface area contributed by atoms with Crippen molar-refractivity contribution < 1.29 is 4.79 Å². The number of aromatic nitrogens is 2. The van der Waals surface area contributed by atoms with Crippen LogP contribution in [0.1, 0.15) is 36.5 Å². The van der Waals surface area contributed by atoms with Gasteiger partial charge in [-0.15, -0.1) is 22.7 Å². The summed E-state index contributed by atoms with van der Waals surface area (Å²) in [5.74, 6) is -0.111. The lowest BCUT2D eigenvalue weighted by atomic mass is 10.1. The molecule has 0 unspecified atom stereocenters. The molecule has 0 atom stereocenters. The molecule has 0 spiro atoms. The Bertz CT molecular complexity index is 932. The summed E-state index contributed by atoms with van der Waals surface area (Å²) >= 11 is 3.01. The van der Waals surface area contributed by atoms with E-state index in [1.807, 2.05) is 19.9 Å². The van der Waals surface area contributed by atoms with E-state index in [9.17, 15) is 4.79 Å². The number of aryl methyl sites for hydroxylation is 2. The number of nitrogens with one attached hydrogen (secondary N) is 1. The first kappa shape index (κ1) is 17.3. The molecule has 2 aromatic heterocycles. The van der Waals surface area contributed by atoms with Crippen molar-refractivity contribution >= 4 is 33.7 Å². The van der Waals surface area contributed by atoms with Gasteiger partial charge in [0.25, 0.3) is 5.91 Å². The van der Waals surface area contributed by atoms with Crippen LogP contribution < -0.4 is 5.32 Å². The number of fused-ring (bicyclic) bond motifs is 1. The maximum Gasteiger partial charge on any atom is 0.269 e. The first-order valence-electron chi connectivity index (χ1n) is 8.59. The highest BCUT2D eigenvalue weighted by molar-refractivity contribution is 7.16. The summed E-state index contributed by atoms with van der Waals surface area (Å²) in [5.41, 5.74) is 3.22. The number of carbonyl (C=O) groups is 1. The van der Waals surface area contributed by atoms with Gasteiger partial charge in [-0.2, -0.15) is 0 Å². The second-order valence-electron chi connectivity index (χ2n) is 6.44. The van der Waals surface area contributed by atoms with Crippen molar-refractivity contribution in [3.63, 3.8) is 0 Å². The van der Waals surface area contributed by atoms with Gasteiger partial charge >= 0.3 is 0 Å². The number of thiazole rings is 2. The Balaban J connectivity index is 1.44. The van der Waals surface area contributed by atoms with Crippen LogP contribution in [-0.4, -0.2) is 27.3 Å². The fourth-order valence-electron chi connectivity index (χ4n) is 3.17. The molecular formula is C19H20N4OS2. The molecule has 4 rings (SSSR count). The number of nitrogens with zero attached hydrogens (tertiary/aromatic N) is 3. The first-order valence-corrected chi connectivity index (χ1v) is 10.2. The Morgan fingerprint density at radius 3 is 2.73 bits per heavy atom. The third-order valence-corrected chi connectivity index (χ3v) is 6.46. The van der Waals surface area contributed by atoms with Gasteiger partial charge in [0.15, 0.2) is 5.13 Å². The predicted molar refractivity (Wildman–Crippen MR) is 106 cm³/mol. The lowest BCUT2D eigenvalue weighted by Crippen LogP contribution is -2.29. The van der Waals surface area contributed by atoms with Crippen molar-refractivity contribution in [3.05, 3.63) is 62.0 Å². The second-order valence-corrected chi connectivity index (χ2v) is 8.72. The smallest absolute Gasteiger partial charge is 0.269 e. The largest absolute Gasteiger partial charge is 0.297 e. The highest BCUT2D eigenvalue weighted by atomic mass is 32.1. The molecule has 0 fully saturated rings. The van der Waals surface area contributed by atoms with Gasteiger partial charge in [0.1, 0.15) is 4.88 Å². The molecule has 3 aromatic rings. The fourth-order valence-corrected chi connectivity index (χ4v) is 5.03. The van der Waals surface area contributed by atoms with Crippen LogP contribution in [0.3, 0.4) is 0 Å². The summed E-state index contributed by atoms with van der Waals surface area (Å²) in [6, 6.07) is 10.5. The van der Waals surface area contributed by atoms with E-state index in [4.69, 9.17) is 0 Å². The third kappa shape index (κ3) is 3.70. The first-order chi connectivity index (χ1) is 12.6. The maximum absolute atomic E-state index is 12.5. The second kappa shape index (κ2) is 7.26. The van der Waals surface area contributed by atoms with Gasteiger partial charge < -0.3 is 0 Å². The zero-order valence-corrected chi connectivity index (χ0v) is 16.4. The summed E-state index contributed by atoms with van der Waals surface area (Å²) in [4.78, 5) is 25.8. The molecule has 0 radical (unpaired) electrons. The van der Waals surface area contributed by atoms with Crippen molar-refractivity contribution in [2.45, 2.75) is 33.4 Å². The summed E-state index contributed by atoms with van der Waals surface area (Å²) in [7, 11) is 0. The molecule has 1 amide bonds. The van der Waals surface area contributed by atoms with E-state index in [0.29, 0.717) is 10.0 Å². The maximum atomic E-state index is 12.5. The van der Waals surface area contributed by atoms with Gasteiger partial charge in [-0.3, -0.25) is 15.0 Å². The van der Waals surface area contributed by atoms with Crippen LogP contribution in [0.4, 0.5) is 5.13 Å². The average Bonchev–Trinajstić information content (AvgIpc) is 3.17. The highest BCUT2D eigenvalue weighted by Gasteiger charge is 2.22. The van der Waals surface area contributed by atoms with Crippen molar-refractivity contribution in [2.24, 2.45) is 0 Å². The molecular weight excluding hydrogens is 364 g/mol. The topological polar surface area (TPSA) is 58.1 Å². The third-order valence-electron chi connectivity index (χ3n) is 4.39. The molecule has 26 heavy (non-hydrogen) atoms. The van der Waals surface area contributed by atoms with Gasteiger partial charge in [0, 0.05) is 30.9 Å². The molecule has 3 heterocycles. The number of carbonyl (C=O) groups excluding carboxylic acids is 1. The number of hydrogen-bond donors (Lipinski definition) is 1. The molecule has 1 N–H and O–H groups in total. The molecule has 1 aliphatic rings. The van der Waals surface area contributed by atoms with Crippen LogP contribution in [0.2, 0.25) is 0 Å². The van der Waals surface area contributed by atoms with Gasteiger partial charge in [0.05, 0.1) is 16.4 Å². The van der Waals surface area contributed by atoms with Gasteiger partial charge in [0.2, 0.25) is 0 Å². The highest BCUT2D eigenvalue weighted by Crippen LogP contribution is 2.30. The molecule has 0 saturated carbocycles. The van der Waals surface area contributed by atoms with Crippen molar-refractivity contribution in [2.75, 3.05) is 11.9 Å². The van der Waals surface area contributed by atoms with E-state index in [1.165, 1.54) is 21.8 Å². The summed E-state index contributed by atoms with van der Waals surface area (Å²) in [6.07, 6.45) is 0.924. The average molecular weight is 385 g/mol. The van der Waals surface area contributed by atoms with E-state index >= 15 is 0 Å². The van der Waals surface area contributed by atoms with Gasteiger partial charge in [-0.1, -0.05) is 30.3 Å². The summed E-state index contributed by atoms with van der Waals surface area (Å²) < 4.78 is 0. The Kier molecular flexibility index (Phi) is 4.84. The zero-order valence-electron chi connectivity index (χ0n) is 14.8. The quantitative estimate of drug-likeness (QED) is 0.738. The number of amides is 1. The molecule has 0 aliphatic carbocycles. The standard InChI is InChI=1S/C19H20N4OS2/c1-12-17(25-13(2)20-12)18(24)22-19-21-15-8-9-23(11-16(15)26-19)10-14-6-4-3-5-7-14/h3-7H,8-11H2,1-2H3,(H,21,22,24). The number of benzene rings is 1. The number of hydrogen-bond acceptors (Lipinski definition) is 6. The van der Waals surface area contributed by atoms with Crippen LogP contribution in [-0.2, 0) is 19.5 Å². The molecule has 0 bridgehead atoms. The monoisotopic (exact) mass is 384 g/mol. The van der Waals surface area contributed by atoms with E-state index < -0.39 is 0 Å². The summed E-state index contributed by atoms with van der Waals surface area (Å²) in [6.45, 7) is 6.60. The minimum atomic E-state index is -0.111. The number of anilines is 1.